The number of aromatic nitrogens is 5. The smallest absolute Gasteiger partial charge is 0.218 e. The Morgan fingerprint density at radius 1 is 1.09 bits per heavy atom. The Morgan fingerprint density at radius 2 is 1.91 bits per heavy atom. The van der Waals surface area contributed by atoms with Gasteiger partial charge in [-0.05, 0) is 53.2 Å². The van der Waals surface area contributed by atoms with Crippen LogP contribution in [0.4, 0.5) is 5.82 Å². The van der Waals surface area contributed by atoms with Gasteiger partial charge in [0.1, 0.15) is 21.7 Å². The summed E-state index contributed by atoms with van der Waals surface area (Å²) in [6.07, 6.45) is 1.98. The summed E-state index contributed by atoms with van der Waals surface area (Å²) in [5.74, 6) is 2.34. The Morgan fingerprint density at radius 3 is 2.56 bits per heavy atom. The van der Waals surface area contributed by atoms with Crippen LogP contribution in [0.3, 0.4) is 0 Å². The lowest BCUT2D eigenvalue weighted by Crippen LogP contribution is -2.22. The van der Waals surface area contributed by atoms with Gasteiger partial charge in [-0.2, -0.15) is 4.98 Å². The van der Waals surface area contributed by atoms with E-state index in [9.17, 15) is 0 Å². The van der Waals surface area contributed by atoms with Crippen molar-refractivity contribution in [3.63, 3.8) is 0 Å². The standard InChI is InChI=1S/C23H30N6O2S/c1-13-7-8-17(24-10-13)21-16(22(21)31-23(4,5)6)12-30-19-9-18(26-14(2)27-19)25-11-20-29-28-15(3)32-20/h7-10,16,21-22H,11-12H2,1-6H3,(H,25,26,27). The number of hydrogen-bond acceptors (Lipinski definition) is 9. The van der Waals surface area contributed by atoms with E-state index in [0.29, 0.717) is 30.7 Å². The molecule has 9 heteroatoms. The molecule has 3 unspecified atom stereocenters. The van der Waals surface area contributed by atoms with Crippen molar-refractivity contribution in [1.82, 2.24) is 25.1 Å². The van der Waals surface area contributed by atoms with E-state index in [2.05, 4.69) is 63.4 Å². The molecule has 0 aliphatic heterocycles. The van der Waals surface area contributed by atoms with Gasteiger partial charge in [0.15, 0.2) is 0 Å². The van der Waals surface area contributed by atoms with Crippen LogP contribution in [-0.4, -0.2) is 43.5 Å². The van der Waals surface area contributed by atoms with Crippen molar-refractivity contribution >= 4 is 17.2 Å². The van der Waals surface area contributed by atoms with Crippen LogP contribution < -0.4 is 10.1 Å². The summed E-state index contributed by atoms with van der Waals surface area (Å²) in [5.41, 5.74) is 1.97. The molecule has 0 aromatic carbocycles. The quantitative estimate of drug-likeness (QED) is 0.540. The summed E-state index contributed by atoms with van der Waals surface area (Å²) in [4.78, 5) is 13.5. The van der Waals surface area contributed by atoms with Crippen molar-refractivity contribution in [3.8, 4) is 5.88 Å². The Labute approximate surface area is 192 Å². The second-order valence-corrected chi connectivity index (χ2v) is 10.4. The van der Waals surface area contributed by atoms with E-state index >= 15 is 0 Å². The molecule has 0 saturated heterocycles. The SMILES string of the molecule is Cc1ccc(C2C(COc3cc(NCc4nnc(C)s4)nc(C)n3)C2OC(C)(C)C)nc1. The van der Waals surface area contributed by atoms with Crippen LogP contribution in [0.1, 0.15) is 53.8 Å². The molecule has 8 nitrogen and oxygen atoms in total. The third-order valence-electron chi connectivity index (χ3n) is 5.09. The molecule has 0 radical (unpaired) electrons. The van der Waals surface area contributed by atoms with Crippen LogP contribution in [0.25, 0.3) is 0 Å². The van der Waals surface area contributed by atoms with E-state index in [1.807, 2.05) is 33.0 Å². The van der Waals surface area contributed by atoms with Crippen molar-refractivity contribution in [2.24, 2.45) is 5.92 Å². The normalized spacial score (nSPS) is 20.2. The maximum Gasteiger partial charge on any atom is 0.218 e. The molecule has 32 heavy (non-hydrogen) atoms. The third-order valence-corrected chi connectivity index (χ3v) is 5.93. The zero-order valence-corrected chi connectivity index (χ0v) is 20.2. The van der Waals surface area contributed by atoms with Gasteiger partial charge in [-0.3, -0.25) is 4.98 Å². The van der Waals surface area contributed by atoms with Crippen LogP contribution in [-0.2, 0) is 11.3 Å². The fourth-order valence-corrected chi connectivity index (χ4v) is 4.28. The first-order valence-electron chi connectivity index (χ1n) is 10.8. The predicted octanol–water partition coefficient (Wildman–Crippen LogP) is 4.24. The molecule has 3 heterocycles. The van der Waals surface area contributed by atoms with Gasteiger partial charge >= 0.3 is 0 Å². The van der Waals surface area contributed by atoms with Gasteiger partial charge in [0, 0.05) is 29.8 Å². The van der Waals surface area contributed by atoms with Gasteiger partial charge in [-0.15, -0.1) is 10.2 Å². The number of hydrogen-bond donors (Lipinski definition) is 1. The molecule has 170 valence electrons. The minimum absolute atomic E-state index is 0.0754. The Bertz CT molecular complexity index is 1060. The average Bonchev–Trinajstić information content (AvgIpc) is 3.19. The second kappa shape index (κ2) is 9.07. The van der Waals surface area contributed by atoms with Crippen LogP contribution in [0.15, 0.2) is 24.4 Å². The molecule has 1 N–H and O–H groups in total. The highest BCUT2D eigenvalue weighted by Gasteiger charge is 2.55. The number of ether oxygens (including phenoxy) is 2. The first-order valence-corrected chi connectivity index (χ1v) is 11.6. The van der Waals surface area contributed by atoms with E-state index in [0.717, 1.165) is 21.3 Å². The molecule has 0 spiro atoms. The lowest BCUT2D eigenvalue weighted by atomic mass is 10.2. The summed E-state index contributed by atoms with van der Waals surface area (Å²) in [5, 5.41) is 13.3. The summed E-state index contributed by atoms with van der Waals surface area (Å²) in [6, 6.07) is 6.00. The molecule has 3 aromatic heterocycles. The number of pyridine rings is 1. The van der Waals surface area contributed by atoms with Crippen molar-refractivity contribution in [2.45, 2.75) is 65.7 Å². The highest BCUT2D eigenvalue weighted by Crippen LogP contribution is 2.51. The Balaban J connectivity index is 1.41. The van der Waals surface area contributed by atoms with Gasteiger partial charge in [0.2, 0.25) is 5.88 Å². The highest BCUT2D eigenvalue weighted by molar-refractivity contribution is 7.11. The molecule has 4 rings (SSSR count). The molecule has 1 aliphatic rings. The number of rotatable bonds is 8. The van der Waals surface area contributed by atoms with Crippen molar-refractivity contribution < 1.29 is 9.47 Å². The molecule has 3 atom stereocenters. The Hall–Kier alpha value is -2.65. The molecule has 3 aromatic rings. The molecule has 1 fully saturated rings. The lowest BCUT2D eigenvalue weighted by Gasteiger charge is -2.20. The van der Waals surface area contributed by atoms with Crippen LogP contribution in [0.5, 0.6) is 5.88 Å². The van der Waals surface area contributed by atoms with Gasteiger partial charge < -0.3 is 14.8 Å². The van der Waals surface area contributed by atoms with Crippen molar-refractivity contribution in [2.75, 3.05) is 11.9 Å². The molecule has 0 amide bonds. The molecule has 1 saturated carbocycles. The first kappa shape index (κ1) is 22.5. The van der Waals surface area contributed by atoms with E-state index in [1.54, 1.807) is 11.3 Å². The van der Waals surface area contributed by atoms with Crippen LogP contribution in [0, 0.1) is 26.7 Å². The summed E-state index contributed by atoms with van der Waals surface area (Å²) in [7, 11) is 0. The predicted molar refractivity (Wildman–Crippen MR) is 124 cm³/mol. The molecular formula is C23H30N6O2S. The molecule has 1 aliphatic carbocycles. The maximum atomic E-state index is 6.31. The lowest BCUT2D eigenvalue weighted by molar-refractivity contribution is -0.0261. The van der Waals surface area contributed by atoms with Crippen LogP contribution in [0.2, 0.25) is 0 Å². The van der Waals surface area contributed by atoms with E-state index in [1.165, 1.54) is 0 Å². The van der Waals surface area contributed by atoms with Gasteiger partial charge in [0.05, 0.1) is 24.9 Å². The number of anilines is 1. The largest absolute Gasteiger partial charge is 0.477 e. The van der Waals surface area contributed by atoms with Gasteiger partial charge in [-0.25, -0.2) is 4.98 Å². The Kier molecular flexibility index (Phi) is 6.39. The molecule has 0 bridgehead atoms. The highest BCUT2D eigenvalue weighted by atomic mass is 32.1. The zero-order chi connectivity index (χ0) is 22.9. The number of nitrogens with zero attached hydrogens (tertiary/aromatic N) is 5. The average molecular weight is 455 g/mol. The first-order chi connectivity index (χ1) is 15.2. The minimum Gasteiger partial charge on any atom is -0.477 e. The van der Waals surface area contributed by atoms with Crippen molar-refractivity contribution in [1.29, 1.82) is 0 Å². The van der Waals surface area contributed by atoms with Gasteiger partial charge in [-0.1, -0.05) is 17.4 Å². The fraction of sp³-hybridized carbons (Fsp3) is 0.522. The summed E-state index contributed by atoms with van der Waals surface area (Å²) < 4.78 is 12.4. The summed E-state index contributed by atoms with van der Waals surface area (Å²) in [6.45, 7) is 13.1. The van der Waals surface area contributed by atoms with Crippen molar-refractivity contribution in [3.05, 3.63) is 51.5 Å². The second-order valence-electron chi connectivity index (χ2n) is 9.16. The fourth-order valence-electron chi connectivity index (χ4n) is 3.64. The van der Waals surface area contributed by atoms with E-state index in [4.69, 9.17) is 9.47 Å². The van der Waals surface area contributed by atoms with Crippen LogP contribution >= 0.6 is 11.3 Å². The minimum atomic E-state index is -0.228. The maximum absolute atomic E-state index is 6.31. The zero-order valence-electron chi connectivity index (χ0n) is 19.4. The van der Waals surface area contributed by atoms with E-state index < -0.39 is 0 Å². The third kappa shape index (κ3) is 5.77. The van der Waals surface area contributed by atoms with E-state index in [-0.39, 0.29) is 23.5 Å². The molecular weight excluding hydrogens is 424 g/mol. The number of aryl methyl sites for hydroxylation is 3. The monoisotopic (exact) mass is 454 g/mol. The topological polar surface area (TPSA) is 94.9 Å². The van der Waals surface area contributed by atoms with Gasteiger partial charge in [0.25, 0.3) is 0 Å². The number of nitrogens with one attached hydrogen (secondary N) is 1. The summed E-state index contributed by atoms with van der Waals surface area (Å²) >= 11 is 1.56.